The van der Waals surface area contributed by atoms with Crippen molar-refractivity contribution in [2.45, 2.75) is 31.7 Å². The fourth-order valence-corrected chi connectivity index (χ4v) is 1.41. The summed E-state index contributed by atoms with van der Waals surface area (Å²) in [5.41, 5.74) is 0. The van der Waals surface area contributed by atoms with Crippen LogP contribution in [0, 0.1) is 0 Å². The molecule has 1 heterocycles. The first-order valence-electron chi connectivity index (χ1n) is 4.46. The highest BCUT2D eigenvalue weighted by Gasteiger charge is 2.23. The number of nitrogens with zero attached hydrogens (tertiary/aromatic N) is 2. The fourth-order valence-electron chi connectivity index (χ4n) is 1.41. The number of hydrogen-bond acceptors (Lipinski definition) is 3. The van der Waals surface area contributed by atoms with Crippen LogP contribution in [-0.4, -0.2) is 22.2 Å². The lowest BCUT2D eigenvalue weighted by atomic mass is 9.85. The predicted octanol–water partition coefficient (Wildman–Crippen LogP) is 0.792. The van der Waals surface area contributed by atoms with Gasteiger partial charge in [-0.2, -0.15) is 5.10 Å². The summed E-state index contributed by atoms with van der Waals surface area (Å²) in [5.74, 6) is 2.58. The van der Waals surface area contributed by atoms with Crippen molar-refractivity contribution in [1.29, 1.82) is 0 Å². The third-order valence-corrected chi connectivity index (χ3v) is 2.36. The van der Waals surface area contributed by atoms with Crippen molar-refractivity contribution in [1.82, 2.24) is 20.5 Å². The molecule has 2 N–H and O–H groups in total. The summed E-state index contributed by atoms with van der Waals surface area (Å²) in [6.45, 7) is 0.778. The minimum Gasteiger partial charge on any atom is -0.313 e. The lowest BCUT2D eigenvalue weighted by Crippen LogP contribution is -2.11. The Morgan fingerprint density at radius 2 is 2.42 bits per heavy atom. The van der Waals surface area contributed by atoms with Crippen molar-refractivity contribution in [3.8, 4) is 0 Å². The zero-order valence-electron chi connectivity index (χ0n) is 7.30. The maximum atomic E-state index is 4.39. The minimum absolute atomic E-state index is 0.631. The van der Waals surface area contributed by atoms with Gasteiger partial charge in [-0.05, 0) is 19.9 Å². The van der Waals surface area contributed by atoms with Gasteiger partial charge in [-0.1, -0.05) is 6.42 Å². The molecule has 1 saturated carbocycles. The molecule has 12 heavy (non-hydrogen) atoms. The van der Waals surface area contributed by atoms with E-state index in [1.807, 2.05) is 7.05 Å². The Labute approximate surface area is 71.8 Å². The van der Waals surface area contributed by atoms with Crippen LogP contribution < -0.4 is 5.32 Å². The molecule has 0 saturated heterocycles. The van der Waals surface area contributed by atoms with Crippen LogP contribution in [0.2, 0.25) is 0 Å². The lowest BCUT2D eigenvalue weighted by molar-refractivity contribution is 0.402. The Morgan fingerprint density at radius 3 is 3.00 bits per heavy atom. The molecule has 1 aromatic heterocycles. The van der Waals surface area contributed by atoms with Gasteiger partial charge >= 0.3 is 0 Å². The number of rotatable bonds is 3. The molecule has 0 bridgehead atoms. The van der Waals surface area contributed by atoms with Crippen molar-refractivity contribution < 1.29 is 0 Å². The summed E-state index contributed by atoms with van der Waals surface area (Å²) >= 11 is 0. The Morgan fingerprint density at radius 1 is 1.58 bits per heavy atom. The van der Waals surface area contributed by atoms with Gasteiger partial charge in [0.05, 0.1) is 6.54 Å². The van der Waals surface area contributed by atoms with E-state index in [1.165, 1.54) is 19.3 Å². The van der Waals surface area contributed by atoms with Crippen LogP contribution in [0.25, 0.3) is 0 Å². The number of H-pyrrole nitrogens is 1. The average Bonchev–Trinajstić information content (AvgIpc) is 2.34. The first-order valence-corrected chi connectivity index (χ1v) is 4.46. The van der Waals surface area contributed by atoms with Gasteiger partial charge in [-0.3, -0.25) is 5.10 Å². The van der Waals surface area contributed by atoms with Gasteiger partial charge in [0.25, 0.3) is 0 Å². The predicted molar refractivity (Wildman–Crippen MR) is 45.7 cm³/mol. The molecule has 0 aliphatic heterocycles. The molecular formula is C8H14N4. The van der Waals surface area contributed by atoms with Gasteiger partial charge in [-0.15, -0.1) is 0 Å². The molecule has 0 unspecified atom stereocenters. The van der Waals surface area contributed by atoms with E-state index < -0.39 is 0 Å². The van der Waals surface area contributed by atoms with Gasteiger partial charge in [-0.25, -0.2) is 4.98 Å². The Bertz CT molecular complexity index is 251. The summed E-state index contributed by atoms with van der Waals surface area (Å²) in [6, 6.07) is 0. The summed E-state index contributed by atoms with van der Waals surface area (Å²) in [4.78, 5) is 4.39. The number of aromatic nitrogens is 3. The van der Waals surface area contributed by atoms with Crippen molar-refractivity contribution in [2.24, 2.45) is 0 Å². The van der Waals surface area contributed by atoms with E-state index in [1.54, 1.807) is 0 Å². The van der Waals surface area contributed by atoms with E-state index in [9.17, 15) is 0 Å². The molecule has 1 aromatic rings. The topological polar surface area (TPSA) is 53.6 Å². The maximum absolute atomic E-state index is 4.39. The van der Waals surface area contributed by atoms with E-state index in [2.05, 4.69) is 20.5 Å². The smallest absolute Gasteiger partial charge is 0.153 e. The van der Waals surface area contributed by atoms with Gasteiger partial charge in [0.15, 0.2) is 5.82 Å². The molecule has 2 rings (SSSR count). The normalized spacial score (nSPS) is 17.8. The zero-order chi connectivity index (χ0) is 8.39. The first-order chi connectivity index (χ1) is 5.90. The van der Waals surface area contributed by atoms with Crippen molar-refractivity contribution in [3.63, 3.8) is 0 Å². The molecule has 66 valence electrons. The van der Waals surface area contributed by atoms with Crippen molar-refractivity contribution in [2.75, 3.05) is 7.05 Å². The highest BCUT2D eigenvalue weighted by molar-refractivity contribution is 5.01. The van der Waals surface area contributed by atoms with Gasteiger partial charge in [0, 0.05) is 5.92 Å². The summed E-state index contributed by atoms with van der Waals surface area (Å²) in [7, 11) is 1.91. The molecule has 0 radical (unpaired) electrons. The van der Waals surface area contributed by atoms with Crippen molar-refractivity contribution in [3.05, 3.63) is 11.6 Å². The van der Waals surface area contributed by atoms with Gasteiger partial charge in [0.2, 0.25) is 0 Å². The number of nitrogens with one attached hydrogen (secondary N) is 2. The summed E-state index contributed by atoms with van der Waals surface area (Å²) in [6.07, 6.45) is 3.86. The fraction of sp³-hybridized carbons (Fsp3) is 0.750. The third kappa shape index (κ3) is 1.34. The second-order valence-electron chi connectivity index (χ2n) is 3.30. The molecule has 1 aliphatic carbocycles. The maximum Gasteiger partial charge on any atom is 0.153 e. The molecule has 1 aliphatic rings. The van der Waals surface area contributed by atoms with E-state index in [0.717, 1.165) is 18.2 Å². The Balaban J connectivity index is 2.02. The monoisotopic (exact) mass is 166 g/mol. The van der Waals surface area contributed by atoms with Crippen LogP contribution in [0.1, 0.15) is 36.8 Å². The number of aromatic amines is 1. The standard InChI is InChI=1S/C8H14N4/c1-9-5-7-10-8(12-11-7)6-3-2-4-6/h6,9H,2-5H2,1H3,(H,10,11,12). The molecule has 1 fully saturated rings. The first kappa shape index (κ1) is 7.73. The molecule has 4 nitrogen and oxygen atoms in total. The summed E-state index contributed by atoms with van der Waals surface area (Å²) < 4.78 is 0. The second-order valence-corrected chi connectivity index (χ2v) is 3.30. The quantitative estimate of drug-likeness (QED) is 0.698. The Kier molecular flexibility index (Phi) is 2.08. The second kappa shape index (κ2) is 3.23. The van der Waals surface area contributed by atoms with Gasteiger partial charge in [0.1, 0.15) is 5.82 Å². The molecule has 0 atom stereocenters. The third-order valence-electron chi connectivity index (χ3n) is 2.36. The van der Waals surface area contributed by atoms with Crippen LogP contribution in [0.3, 0.4) is 0 Å². The summed E-state index contributed by atoms with van der Waals surface area (Å²) in [5, 5.41) is 10.2. The van der Waals surface area contributed by atoms with E-state index in [4.69, 9.17) is 0 Å². The minimum atomic E-state index is 0.631. The van der Waals surface area contributed by atoms with Gasteiger partial charge < -0.3 is 5.32 Å². The van der Waals surface area contributed by atoms with Crippen LogP contribution in [0.5, 0.6) is 0 Å². The van der Waals surface area contributed by atoms with Crippen LogP contribution in [0.4, 0.5) is 0 Å². The van der Waals surface area contributed by atoms with E-state index in [0.29, 0.717) is 5.92 Å². The van der Waals surface area contributed by atoms with E-state index >= 15 is 0 Å². The highest BCUT2D eigenvalue weighted by Crippen LogP contribution is 2.33. The molecule has 0 aromatic carbocycles. The van der Waals surface area contributed by atoms with Crippen LogP contribution >= 0.6 is 0 Å². The molecule has 4 heteroatoms. The largest absolute Gasteiger partial charge is 0.313 e. The van der Waals surface area contributed by atoms with Crippen molar-refractivity contribution >= 4 is 0 Å². The van der Waals surface area contributed by atoms with E-state index in [-0.39, 0.29) is 0 Å². The number of hydrogen-bond donors (Lipinski definition) is 2. The highest BCUT2D eigenvalue weighted by atomic mass is 15.2. The Hall–Kier alpha value is -0.900. The molecular weight excluding hydrogens is 152 g/mol. The van der Waals surface area contributed by atoms with Crippen LogP contribution in [0.15, 0.2) is 0 Å². The molecule has 0 spiro atoms. The van der Waals surface area contributed by atoms with Crippen LogP contribution in [-0.2, 0) is 6.54 Å². The molecule has 0 amide bonds. The SMILES string of the molecule is CNCc1nc(C2CCC2)n[nH]1. The lowest BCUT2D eigenvalue weighted by Gasteiger charge is -2.21. The average molecular weight is 166 g/mol. The zero-order valence-corrected chi connectivity index (χ0v) is 7.30.